The van der Waals surface area contributed by atoms with Crippen molar-refractivity contribution in [3.8, 4) is 0 Å². The van der Waals surface area contributed by atoms with Gasteiger partial charge in [0.05, 0.1) is 0 Å². The summed E-state index contributed by atoms with van der Waals surface area (Å²) in [7, 11) is 0.122. The largest absolute Gasteiger partial charge is 0.300 e. The van der Waals surface area contributed by atoms with Gasteiger partial charge in [0.2, 0.25) is 0 Å². The fourth-order valence-electron chi connectivity index (χ4n) is 1.91. The van der Waals surface area contributed by atoms with E-state index in [-0.39, 0.29) is 7.92 Å². The molecule has 0 saturated carbocycles. The average Bonchev–Trinajstić information content (AvgIpc) is 2.13. The predicted molar refractivity (Wildman–Crippen MR) is 66.6 cm³/mol. The molecule has 0 heterocycles. The van der Waals surface area contributed by atoms with Crippen LogP contribution in [0.2, 0.25) is 0 Å². The maximum absolute atomic E-state index is 11.1. The fraction of sp³-hybridized carbons (Fsp3) is 0.917. The molecule has 0 bridgehead atoms. The maximum atomic E-state index is 11.1. The van der Waals surface area contributed by atoms with Crippen LogP contribution in [0, 0.1) is 0 Å². The van der Waals surface area contributed by atoms with Crippen LogP contribution in [-0.2, 0) is 4.79 Å². The Hall–Kier alpha value is 0.100. The Morgan fingerprint density at radius 1 is 1.14 bits per heavy atom. The Labute approximate surface area is 90.4 Å². The van der Waals surface area contributed by atoms with Gasteiger partial charge in [-0.3, -0.25) is 0 Å². The van der Waals surface area contributed by atoms with Crippen LogP contribution in [0.3, 0.4) is 0 Å². The Morgan fingerprint density at radius 2 is 1.64 bits per heavy atom. The minimum atomic E-state index is 0.122. The van der Waals surface area contributed by atoms with E-state index in [1.54, 1.807) is 6.92 Å². The third-order valence-corrected chi connectivity index (χ3v) is 6.16. The summed E-state index contributed by atoms with van der Waals surface area (Å²) in [4.78, 5) is 11.1. The quantitative estimate of drug-likeness (QED) is 0.559. The zero-order valence-electron chi connectivity index (χ0n) is 10.2. The number of ketones is 1. The van der Waals surface area contributed by atoms with Gasteiger partial charge in [0.1, 0.15) is 5.78 Å². The van der Waals surface area contributed by atoms with Crippen LogP contribution in [0.25, 0.3) is 0 Å². The highest BCUT2D eigenvalue weighted by molar-refractivity contribution is 7.58. The molecule has 0 aromatic carbocycles. The van der Waals surface area contributed by atoms with Crippen molar-refractivity contribution < 1.29 is 4.79 Å². The van der Waals surface area contributed by atoms with Crippen molar-refractivity contribution in [1.82, 2.24) is 0 Å². The Bertz CT molecular complexity index is 150. The molecule has 0 spiro atoms. The molecular formula is C12H25OP. The lowest BCUT2D eigenvalue weighted by atomic mass is 10.2. The third-order valence-electron chi connectivity index (χ3n) is 2.53. The molecule has 0 fully saturated rings. The number of rotatable bonds is 8. The molecule has 14 heavy (non-hydrogen) atoms. The predicted octanol–water partition coefficient (Wildman–Crippen LogP) is 4.05. The number of carbonyl (C=O) groups is 1. The molecular weight excluding hydrogens is 191 g/mol. The standard InChI is InChI=1S/C12H25OP/c1-5-8-14(9-6-2)12(7-3)10-11(4)13/h12H,5-10H2,1-4H3. The second-order valence-electron chi connectivity index (χ2n) is 4.00. The highest BCUT2D eigenvalue weighted by Gasteiger charge is 2.18. The summed E-state index contributed by atoms with van der Waals surface area (Å²) >= 11 is 0. The number of hydrogen-bond acceptors (Lipinski definition) is 1. The van der Waals surface area contributed by atoms with Gasteiger partial charge >= 0.3 is 0 Å². The number of Topliss-reactive ketones (excluding diaryl/α,β-unsaturated/α-hetero) is 1. The van der Waals surface area contributed by atoms with Crippen molar-refractivity contribution in [2.75, 3.05) is 12.3 Å². The Morgan fingerprint density at radius 3 is 1.93 bits per heavy atom. The summed E-state index contributed by atoms with van der Waals surface area (Å²) < 4.78 is 0. The molecule has 0 amide bonds. The van der Waals surface area contributed by atoms with Crippen molar-refractivity contribution in [1.29, 1.82) is 0 Å². The summed E-state index contributed by atoms with van der Waals surface area (Å²) in [5.41, 5.74) is 0.697. The van der Waals surface area contributed by atoms with Gasteiger partial charge in [0.25, 0.3) is 0 Å². The van der Waals surface area contributed by atoms with Crippen LogP contribution in [0.4, 0.5) is 0 Å². The van der Waals surface area contributed by atoms with E-state index in [0.717, 1.165) is 6.42 Å². The number of carbonyl (C=O) groups excluding carboxylic acids is 1. The van der Waals surface area contributed by atoms with Crippen molar-refractivity contribution in [2.45, 2.75) is 59.0 Å². The molecule has 0 N–H and O–H groups in total. The van der Waals surface area contributed by atoms with E-state index in [1.165, 1.54) is 31.6 Å². The Kier molecular flexibility index (Phi) is 8.47. The van der Waals surface area contributed by atoms with E-state index in [9.17, 15) is 4.79 Å². The summed E-state index contributed by atoms with van der Waals surface area (Å²) in [6.45, 7) is 8.47. The first-order chi connectivity index (χ1) is 6.65. The lowest BCUT2D eigenvalue weighted by molar-refractivity contribution is -0.117. The Balaban J connectivity index is 4.16. The highest BCUT2D eigenvalue weighted by Crippen LogP contribution is 2.45. The molecule has 0 aliphatic heterocycles. The van der Waals surface area contributed by atoms with Crippen LogP contribution in [0.5, 0.6) is 0 Å². The smallest absolute Gasteiger partial charge is 0.130 e. The van der Waals surface area contributed by atoms with Gasteiger partial charge in [0.15, 0.2) is 0 Å². The van der Waals surface area contributed by atoms with Crippen LogP contribution in [-0.4, -0.2) is 23.8 Å². The van der Waals surface area contributed by atoms with Crippen molar-refractivity contribution in [3.63, 3.8) is 0 Å². The minimum absolute atomic E-state index is 0.122. The molecule has 2 heteroatoms. The van der Waals surface area contributed by atoms with Crippen molar-refractivity contribution >= 4 is 13.7 Å². The van der Waals surface area contributed by atoms with E-state index in [1.807, 2.05) is 0 Å². The molecule has 84 valence electrons. The van der Waals surface area contributed by atoms with Gasteiger partial charge in [0, 0.05) is 6.42 Å². The second-order valence-corrected chi connectivity index (χ2v) is 6.81. The summed E-state index contributed by atoms with van der Waals surface area (Å²) in [6, 6.07) is 0. The first kappa shape index (κ1) is 14.1. The maximum Gasteiger partial charge on any atom is 0.130 e. The molecule has 1 nitrogen and oxygen atoms in total. The van der Waals surface area contributed by atoms with Crippen molar-refractivity contribution in [3.05, 3.63) is 0 Å². The molecule has 0 aromatic rings. The van der Waals surface area contributed by atoms with Crippen LogP contribution < -0.4 is 0 Å². The molecule has 1 atom stereocenters. The summed E-state index contributed by atoms with van der Waals surface area (Å²) in [5.74, 6) is 0.372. The lowest BCUT2D eigenvalue weighted by Gasteiger charge is -2.25. The molecule has 0 rings (SSSR count). The van der Waals surface area contributed by atoms with E-state index < -0.39 is 0 Å². The molecule has 1 unspecified atom stereocenters. The normalized spacial score (nSPS) is 13.2. The van der Waals surface area contributed by atoms with Gasteiger partial charge in [-0.25, -0.2) is 0 Å². The zero-order valence-corrected chi connectivity index (χ0v) is 11.1. The highest BCUT2D eigenvalue weighted by atomic mass is 31.1. The van der Waals surface area contributed by atoms with E-state index in [4.69, 9.17) is 0 Å². The lowest BCUT2D eigenvalue weighted by Crippen LogP contribution is -2.12. The first-order valence-corrected chi connectivity index (χ1v) is 7.67. The first-order valence-electron chi connectivity index (χ1n) is 5.89. The SMILES string of the molecule is CCCP(CCC)C(CC)CC(C)=O. The van der Waals surface area contributed by atoms with E-state index in [0.29, 0.717) is 11.4 Å². The summed E-state index contributed by atoms with van der Waals surface area (Å²) in [5, 5.41) is 0. The molecule has 0 aliphatic carbocycles. The number of hydrogen-bond donors (Lipinski definition) is 0. The van der Waals surface area contributed by atoms with Gasteiger partial charge in [-0.05, 0) is 31.3 Å². The van der Waals surface area contributed by atoms with Gasteiger partial charge in [-0.2, -0.15) is 0 Å². The second kappa shape index (κ2) is 8.41. The monoisotopic (exact) mass is 216 g/mol. The van der Waals surface area contributed by atoms with Crippen LogP contribution >= 0.6 is 7.92 Å². The summed E-state index contributed by atoms with van der Waals surface area (Å²) in [6.07, 6.45) is 7.28. The molecule has 0 saturated heterocycles. The average molecular weight is 216 g/mol. The topological polar surface area (TPSA) is 17.1 Å². The van der Waals surface area contributed by atoms with Gasteiger partial charge in [-0.15, -0.1) is 7.92 Å². The van der Waals surface area contributed by atoms with Crippen LogP contribution in [0.1, 0.15) is 53.4 Å². The zero-order chi connectivity index (χ0) is 11.0. The minimum Gasteiger partial charge on any atom is -0.300 e. The van der Waals surface area contributed by atoms with Gasteiger partial charge in [-0.1, -0.05) is 33.6 Å². The van der Waals surface area contributed by atoms with Crippen molar-refractivity contribution in [2.24, 2.45) is 0 Å². The molecule has 0 aliphatic rings. The van der Waals surface area contributed by atoms with E-state index in [2.05, 4.69) is 20.8 Å². The van der Waals surface area contributed by atoms with E-state index >= 15 is 0 Å². The molecule has 0 radical (unpaired) electrons. The molecule has 0 aromatic heterocycles. The van der Waals surface area contributed by atoms with Gasteiger partial charge < -0.3 is 4.79 Å². The third kappa shape index (κ3) is 5.75. The fourth-order valence-corrected chi connectivity index (χ4v) is 5.05. The van der Waals surface area contributed by atoms with Crippen LogP contribution in [0.15, 0.2) is 0 Å².